The summed E-state index contributed by atoms with van der Waals surface area (Å²) in [7, 11) is 0. The summed E-state index contributed by atoms with van der Waals surface area (Å²) >= 11 is 7.52. The van der Waals surface area contributed by atoms with Gasteiger partial charge in [0.2, 0.25) is 0 Å². The van der Waals surface area contributed by atoms with Crippen molar-refractivity contribution in [3.8, 4) is 0 Å². The van der Waals surface area contributed by atoms with Crippen molar-refractivity contribution in [2.24, 2.45) is 11.5 Å². The van der Waals surface area contributed by atoms with Crippen LogP contribution in [0.2, 0.25) is 0 Å². The fourth-order valence-corrected chi connectivity index (χ4v) is 0.286. The Kier molecular flexibility index (Phi) is 24.7. The maximum absolute atomic E-state index is 9.09. The molecule has 0 aliphatic heterocycles. The van der Waals surface area contributed by atoms with Gasteiger partial charge in [-0.1, -0.05) is 33.4 Å². The Hall–Kier alpha value is -0.490. The van der Waals surface area contributed by atoms with Crippen molar-refractivity contribution in [3.63, 3.8) is 0 Å². The highest BCUT2D eigenvalue weighted by Gasteiger charge is 1.81. The predicted molar refractivity (Wildman–Crippen MR) is 62.9 cm³/mol. The SMILES string of the molecule is CC.CCCOC(N)=S.NC(=O)S. The molecule has 6 heteroatoms. The van der Waals surface area contributed by atoms with Gasteiger partial charge in [0.15, 0.2) is 0 Å². The molecule has 80 valence electrons. The van der Waals surface area contributed by atoms with Crippen molar-refractivity contribution in [3.05, 3.63) is 0 Å². The monoisotopic (exact) mass is 226 g/mol. The molecule has 0 saturated heterocycles. The lowest BCUT2D eigenvalue weighted by molar-refractivity contribution is 0.267. The highest BCUT2D eigenvalue weighted by molar-refractivity contribution is 7.96. The Morgan fingerprint density at radius 1 is 1.46 bits per heavy atom. The summed E-state index contributed by atoms with van der Waals surface area (Å²) in [5, 5.41) is -0.498. The number of hydrogen-bond acceptors (Lipinski definition) is 3. The topological polar surface area (TPSA) is 78.3 Å². The first-order chi connectivity index (χ1) is 6.00. The van der Waals surface area contributed by atoms with E-state index in [0.29, 0.717) is 6.61 Å². The summed E-state index contributed by atoms with van der Waals surface area (Å²) in [5.41, 5.74) is 9.32. The van der Waals surface area contributed by atoms with Crippen LogP contribution in [-0.4, -0.2) is 17.0 Å². The fourth-order valence-electron chi connectivity index (χ4n) is 0.203. The Morgan fingerprint density at radius 2 is 1.77 bits per heavy atom. The highest BCUT2D eigenvalue weighted by atomic mass is 32.1. The molecule has 0 rings (SSSR count). The molecule has 0 aromatic rings. The fraction of sp³-hybridized carbons (Fsp3) is 0.714. The first-order valence-corrected chi connectivity index (χ1v) is 4.76. The van der Waals surface area contributed by atoms with Gasteiger partial charge < -0.3 is 16.2 Å². The van der Waals surface area contributed by atoms with Gasteiger partial charge in [-0.25, -0.2) is 0 Å². The van der Waals surface area contributed by atoms with Gasteiger partial charge >= 0.3 is 0 Å². The van der Waals surface area contributed by atoms with Crippen molar-refractivity contribution < 1.29 is 9.53 Å². The highest BCUT2D eigenvalue weighted by Crippen LogP contribution is 1.77. The van der Waals surface area contributed by atoms with Crippen molar-refractivity contribution in [2.75, 3.05) is 6.61 Å². The molecule has 1 amide bonds. The zero-order chi connectivity index (χ0) is 11.3. The third-order valence-corrected chi connectivity index (χ3v) is 0.566. The molecule has 0 spiro atoms. The van der Waals surface area contributed by atoms with Crippen molar-refractivity contribution >= 4 is 35.3 Å². The number of carbonyl (C=O) groups excluding carboxylic acids is 1. The van der Waals surface area contributed by atoms with E-state index in [-0.39, 0.29) is 5.17 Å². The molecule has 0 aliphatic rings. The zero-order valence-electron chi connectivity index (χ0n) is 8.24. The van der Waals surface area contributed by atoms with Gasteiger partial charge in [-0.3, -0.25) is 4.79 Å². The smallest absolute Gasteiger partial charge is 0.273 e. The molecule has 0 heterocycles. The van der Waals surface area contributed by atoms with Crippen LogP contribution in [0.4, 0.5) is 4.79 Å². The summed E-state index contributed by atoms with van der Waals surface area (Å²) in [6, 6.07) is 0. The van der Waals surface area contributed by atoms with Crippen LogP contribution in [0.5, 0.6) is 0 Å². The van der Waals surface area contributed by atoms with Crippen LogP contribution in [0.25, 0.3) is 0 Å². The second-order valence-electron chi connectivity index (χ2n) is 1.51. The van der Waals surface area contributed by atoms with Crippen LogP contribution in [0.15, 0.2) is 0 Å². The summed E-state index contributed by atoms with van der Waals surface area (Å²) < 4.78 is 4.70. The largest absolute Gasteiger partial charge is 0.471 e. The molecule has 4 nitrogen and oxygen atoms in total. The van der Waals surface area contributed by atoms with Gasteiger partial charge in [0.25, 0.3) is 10.4 Å². The molecule has 0 saturated carbocycles. The van der Waals surface area contributed by atoms with Crippen molar-refractivity contribution in [1.29, 1.82) is 0 Å². The van der Waals surface area contributed by atoms with Crippen LogP contribution in [0, 0.1) is 0 Å². The second-order valence-corrected chi connectivity index (χ2v) is 2.35. The molecule has 0 radical (unpaired) electrons. The molecule has 0 atom stereocenters. The third kappa shape index (κ3) is 84.5. The quantitative estimate of drug-likeness (QED) is 0.494. The van der Waals surface area contributed by atoms with Crippen LogP contribution in [-0.2, 0) is 4.74 Å². The first-order valence-electron chi connectivity index (χ1n) is 3.91. The number of primary amides is 1. The van der Waals surface area contributed by atoms with Crippen molar-refractivity contribution in [1.82, 2.24) is 0 Å². The molecule has 13 heavy (non-hydrogen) atoms. The maximum Gasteiger partial charge on any atom is 0.273 e. The second kappa shape index (κ2) is 17.6. The number of rotatable bonds is 2. The van der Waals surface area contributed by atoms with E-state index in [1.807, 2.05) is 20.8 Å². The standard InChI is InChI=1S/C4H9NOS.C2H6.CH3NOS/c1-2-3-6-4(5)7;1-2;2-1(3)4/h2-3H2,1H3,(H2,5,7);1-2H3;(H3,2,3,4). The van der Waals surface area contributed by atoms with E-state index in [2.05, 4.69) is 30.6 Å². The molecular formula is C7H18N2O2S2. The van der Waals surface area contributed by atoms with E-state index < -0.39 is 5.24 Å². The van der Waals surface area contributed by atoms with Crippen molar-refractivity contribution in [2.45, 2.75) is 27.2 Å². The summed E-state index contributed by atoms with van der Waals surface area (Å²) in [4.78, 5) is 9.09. The van der Waals surface area contributed by atoms with Crippen LogP contribution in [0.3, 0.4) is 0 Å². The number of ether oxygens (including phenoxy) is 1. The van der Waals surface area contributed by atoms with E-state index in [1.165, 1.54) is 0 Å². The molecule has 0 fully saturated rings. The molecule has 0 unspecified atom stereocenters. The lowest BCUT2D eigenvalue weighted by atomic mass is 10.5. The molecule has 0 aromatic carbocycles. The van der Waals surface area contributed by atoms with E-state index in [1.54, 1.807) is 0 Å². The lowest BCUT2D eigenvalue weighted by Crippen LogP contribution is -2.12. The number of amides is 1. The third-order valence-electron chi connectivity index (χ3n) is 0.448. The molecule has 0 bridgehead atoms. The maximum atomic E-state index is 9.09. The minimum absolute atomic E-state index is 0.141. The number of thiol groups is 1. The minimum atomic E-state index is -0.639. The van der Waals surface area contributed by atoms with Gasteiger partial charge in [0.05, 0.1) is 6.61 Å². The Labute approximate surface area is 90.4 Å². The first kappa shape index (κ1) is 18.3. The van der Waals surface area contributed by atoms with Gasteiger partial charge in [-0.15, -0.1) is 0 Å². The average Bonchev–Trinajstić information content (AvgIpc) is 2.03. The van der Waals surface area contributed by atoms with E-state index >= 15 is 0 Å². The normalized spacial score (nSPS) is 6.77. The van der Waals surface area contributed by atoms with E-state index in [9.17, 15) is 0 Å². The Morgan fingerprint density at radius 3 is 1.85 bits per heavy atom. The average molecular weight is 226 g/mol. The van der Waals surface area contributed by atoms with Gasteiger partial charge in [0.1, 0.15) is 0 Å². The molecule has 0 aliphatic carbocycles. The molecule has 4 N–H and O–H groups in total. The summed E-state index contributed by atoms with van der Waals surface area (Å²) in [5.74, 6) is 0. The Bertz CT molecular complexity index is 128. The zero-order valence-corrected chi connectivity index (χ0v) is 9.95. The number of thiocarbonyl (C=S) groups is 1. The van der Waals surface area contributed by atoms with Gasteiger partial charge in [0, 0.05) is 0 Å². The minimum Gasteiger partial charge on any atom is -0.471 e. The number of hydrogen-bond donors (Lipinski definition) is 3. The molecule has 0 aromatic heterocycles. The summed E-state index contributed by atoms with van der Waals surface area (Å²) in [6.07, 6.45) is 0.956. The van der Waals surface area contributed by atoms with Gasteiger partial charge in [-0.05, 0) is 18.6 Å². The number of carbonyl (C=O) groups is 1. The molecular weight excluding hydrogens is 208 g/mol. The Balaban J connectivity index is -0.000000142. The van der Waals surface area contributed by atoms with Crippen LogP contribution in [0.1, 0.15) is 27.2 Å². The van der Waals surface area contributed by atoms with Crippen LogP contribution < -0.4 is 11.5 Å². The van der Waals surface area contributed by atoms with Gasteiger partial charge in [-0.2, -0.15) is 0 Å². The van der Waals surface area contributed by atoms with Crippen LogP contribution >= 0.6 is 24.8 Å². The lowest BCUT2D eigenvalue weighted by Gasteiger charge is -1.96. The van der Waals surface area contributed by atoms with E-state index in [4.69, 9.17) is 15.3 Å². The van der Waals surface area contributed by atoms with E-state index in [0.717, 1.165) is 6.42 Å². The number of nitrogens with two attached hydrogens (primary N) is 2. The summed E-state index contributed by atoms with van der Waals surface area (Å²) in [6.45, 7) is 6.63. The predicted octanol–water partition coefficient (Wildman–Crippen LogP) is 1.68.